The summed E-state index contributed by atoms with van der Waals surface area (Å²) in [4.78, 5) is 0. The quantitative estimate of drug-likeness (QED) is 0.259. The van der Waals surface area contributed by atoms with Crippen LogP contribution in [0, 0.1) is 0 Å². The Kier molecular flexibility index (Phi) is 19.3. The Hall–Kier alpha value is -0.480. The van der Waals surface area contributed by atoms with E-state index in [-0.39, 0.29) is 6.61 Å². The number of hydrogen-bond donors (Lipinski definition) is 3. The fourth-order valence-electron chi connectivity index (χ4n) is 0.387. The van der Waals surface area contributed by atoms with Crippen LogP contribution in [0.1, 0.15) is 0 Å². The summed E-state index contributed by atoms with van der Waals surface area (Å²) in [5.74, 6) is -6.43. The molecule has 9 heteroatoms. The van der Waals surface area contributed by atoms with Crippen LogP contribution in [0.4, 0.5) is 17.6 Å². The van der Waals surface area contributed by atoms with E-state index >= 15 is 0 Å². The fraction of sp³-hybridized carbons (Fsp3) is 0.667. The van der Waals surface area contributed by atoms with Gasteiger partial charge in [0.05, 0.1) is 6.61 Å². The average molecular weight is 385 g/mol. The van der Waals surface area contributed by atoms with Crippen molar-refractivity contribution in [2.75, 3.05) is 38.4 Å². The highest BCUT2D eigenvalue weighted by Crippen LogP contribution is 2.11. The standard InChI is InChI=1S/C6H10F2O2.C3H5Br.C3H6F2O2/c1-2-3-10-5-6(7,8)4-9;1-2-3-4;4-3(5,1-6)2-7/h2,9H,1,3-5H2;2H,1,3H2;6-7H,1-2H2. The Balaban J connectivity index is -0.000000256. The maximum absolute atomic E-state index is 12.1. The molecule has 128 valence electrons. The van der Waals surface area contributed by atoms with E-state index in [0.717, 1.165) is 5.33 Å². The molecule has 0 aromatic rings. The molecule has 0 aromatic heterocycles. The topological polar surface area (TPSA) is 69.9 Å². The summed E-state index contributed by atoms with van der Waals surface area (Å²) >= 11 is 3.13. The fourth-order valence-corrected chi connectivity index (χ4v) is 0.387. The van der Waals surface area contributed by atoms with Crippen LogP contribution in [0.3, 0.4) is 0 Å². The molecule has 0 fully saturated rings. The lowest BCUT2D eigenvalue weighted by Gasteiger charge is -2.11. The van der Waals surface area contributed by atoms with Gasteiger partial charge in [-0.1, -0.05) is 28.1 Å². The molecule has 3 N–H and O–H groups in total. The van der Waals surface area contributed by atoms with Gasteiger partial charge < -0.3 is 20.1 Å². The van der Waals surface area contributed by atoms with Gasteiger partial charge in [0, 0.05) is 5.33 Å². The molecule has 0 heterocycles. The van der Waals surface area contributed by atoms with Crippen molar-refractivity contribution >= 4 is 15.9 Å². The van der Waals surface area contributed by atoms with Gasteiger partial charge in [-0.05, 0) is 0 Å². The summed E-state index contributed by atoms with van der Waals surface area (Å²) < 4.78 is 51.3. The van der Waals surface area contributed by atoms with E-state index in [0.29, 0.717) is 0 Å². The predicted octanol–water partition coefficient (Wildman–Crippen LogP) is 1.99. The summed E-state index contributed by atoms with van der Waals surface area (Å²) in [6.45, 7) is 2.28. The van der Waals surface area contributed by atoms with Gasteiger partial charge in [0.25, 0.3) is 11.8 Å². The van der Waals surface area contributed by atoms with Crippen molar-refractivity contribution in [1.29, 1.82) is 0 Å². The largest absolute Gasteiger partial charge is 0.390 e. The molecule has 0 rings (SSSR count). The van der Waals surface area contributed by atoms with E-state index in [9.17, 15) is 17.6 Å². The van der Waals surface area contributed by atoms with Crippen LogP contribution in [0.2, 0.25) is 0 Å². The third kappa shape index (κ3) is 24.9. The van der Waals surface area contributed by atoms with E-state index in [4.69, 9.17) is 15.3 Å². The number of aliphatic hydroxyl groups is 3. The molecule has 21 heavy (non-hydrogen) atoms. The van der Waals surface area contributed by atoms with Gasteiger partial charge in [0.1, 0.15) is 26.4 Å². The Morgan fingerprint density at radius 1 is 0.905 bits per heavy atom. The Morgan fingerprint density at radius 2 is 1.29 bits per heavy atom. The molecule has 0 amide bonds. The van der Waals surface area contributed by atoms with Gasteiger partial charge >= 0.3 is 0 Å². The number of ether oxygens (including phenoxy) is 1. The van der Waals surface area contributed by atoms with Crippen molar-refractivity contribution in [3.63, 3.8) is 0 Å². The van der Waals surface area contributed by atoms with Crippen LogP contribution in [0.25, 0.3) is 0 Å². The number of aliphatic hydroxyl groups excluding tert-OH is 3. The minimum atomic E-state index is -3.31. The zero-order chi connectivity index (χ0) is 17.4. The van der Waals surface area contributed by atoms with Gasteiger partial charge in [-0.25, -0.2) is 17.6 Å². The highest BCUT2D eigenvalue weighted by molar-refractivity contribution is 9.09. The molecular formula is C12H21BrF4O4. The second-order valence-electron chi connectivity index (χ2n) is 3.43. The molecule has 0 aromatic carbocycles. The SMILES string of the molecule is C=CCBr.C=CCOCC(F)(F)CO.OCC(F)(F)CO. The van der Waals surface area contributed by atoms with E-state index in [1.54, 1.807) is 6.08 Å². The first-order chi connectivity index (χ1) is 9.66. The van der Waals surface area contributed by atoms with E-state index in [2.05, 4.69) is 33.8 Å². The summed E-state index contributed by atoms with van der Waals surface area (Å²) in [5.41, 5.74) is 0. The second kappa shape index (κ2) is 15.9. The van der Waals surface area contributed by atoms with Gasteiger partial charge in [0.15, 0.2) is 0 Å². The van der Waals surface area contributed by atoms with Crippen LogP contribution in [-0.4, -0.2) is 65.5 Å². The molecular weight excluding hydrogens is 364 g/mol. The van der Waals surface area contributed by atoms with E-state index in [1.165, 1.54) is 6.08 Å². The molecule has 0 aliphatic heterocycles. The molecule has 0 spiro atoms. The lowest BCUT2D eigenvalue weighted by Crippen LogP contribution is -2.27. The highest BCUT2D eigenvalue weighted by Gasteiger charge is 2.27. The summed E-state index contributed by atoms with van der Waals surface area (Å²) in [7, 11) is 0. The zero-order valence-electron chi connectivity index (χ0n) is 11.5. The maximum atomic E-state index is 12.1. The number of rotatable bonds is 8. The molecule has 0 bridgehead atoms. The maximum Gasteiger partial charge on any atom is 0.293 e. The number of halogens is 5. The van der Waals surface area contributed by atoms with E-state index in [1.807, 2.05) is 0 Å². The molecule has 0 unspecified atom stereocenters. The highest BCUT2D eigenvalue weighted by atomic mass is 79.9. The molecule has 0 saturated carbocycles. The van der Waals surface area contributed by atoms with Crippen LogP contribution in [0.15, 0.2) is 25.3 Å². The molecule has 0 radical (unpaired) electrons. The molecule has 0 atom stereocenters. The summed E-state index contributed by atoms with van der Waals surface area (Å²) in [6.07, 6.45) is 3.16. The van der Waals surface area contributed by atoms with Crippen molar-refractivity contribution in [1.82, 2.24) is 0 Å². The summed E-state index contributed by atoms with van der Waals surface area (Å²) in [5, 5.41) is 24.3. The van der Waals surface area contributed by atoms with Crippen molar-refractivity contribution in [3.8, 4) is 0 Å². The van der Waals surface area contributed by atoms with Crippen molar-refractivity contribution in [3.05, 3.63) is 25.3 Å². The van der Waals surface area contributed by atoms with Crippen LogP contribution in [-0.2, 0) is 4.74 Å². The van der Waals surface area contributed by atoms with Gasteiger partial charge in [-0.15, -0.1) is 13.2 Å². The number of allylic oxidation sites excluding steroid dienone is 1. The Labute approximate surface area is 129 Å². The van der Waals surface area contributed by atoms with Crippen molar-refractivity contribution in [2.45, 2.75) is 11.8 Å². The van der Waals surface area contributed by atoms with Gasteiger partial charge in [-0.2, -0.15) is 0 Å². The van der Waals surface area contributed by atoms with Gasteiger partial charge in [0.2, 0.25) is 0 Å². The van der Waals surface area contributed by atoms with E-state index < -0.39 is 38.3 Å². The average Bonchev–Trinajstić information content (AvgIpc) is 2.48. The Morgan fingerprint density at radius 3 is 1.48 bits per heavy atom. The monoisotopic (exact) mass is 384 g/mol. The zero-order valence-corrected chi connectivity index (χ0v) is 13.0. The smallest absolute Gasteiger partial charge is 0.293 e. The Bertz CT molecular complexity index is 247. The normalized spacial score (nSPS) is 10.7. The third-order valence-corrected chi connectivity index (χ3v) is 1.81. The van der Waals surface area contributed by atoms with Crippen LogP contribution < -0.4 is 0 Å². The second-order valence-corrected chi connectivity index (χ2v) is 4.08. The summed E-state index contributed by atoms with van der Waals surface area (Å²) in [6, 6.07) is 0. The molecule has 0 aliphatic carbocycles. The minimum Gasteiger partial charge on any atom is -0.390 e. The van der Waals surface area contributed by atoms with Crippen molar-refractivity contribution < 1.29 is 37.6 Å². The first-order valence-electron chi connectivity index (χ1n) is 5.60. The van der Waals surface area contributed by atoms with Crippen LogP contribution in [0.5, 0.6) is 0 Å². The first kappa shape index (κ1) is 25.5. The van der Waals surface area contributed by atoms with Crippen LogP contribution >= 0.6 is 15.9 Å². The lowest BCUT2D eigenvalue weighted by atomic mass is 10.4. The minimum absolute atomic E-state index is 0.0790. The lowest BCUT2D eigenvalue weighted by molar-refractivity contribution is -0.103. The molecule has 4 nitrogen and oxygen atoms in total. The predicted molar refractivity (Wildman–Crippen MR) is 76.2 cm³/mol. The van der Waals surface area contributed by atoms with Gasteiger partial charge in [-0.3, -0.25) is 0 Å². The molecule has 0 aliphatic rings. The van der Waals surface area contributed by atoms with Crippen molar-refractivity contribution in [2.24, 2.45) is 0 Å². The number of hydrogen-bond acceptors (Lipinski definition) is 4. The third-order valence-electron chi connectivity index (χ3n) is 1.35. The molecule has 0 saturated heterocycles. The number of alkyl halides is 5. The first-order valence-corrected chi connectivity index (χ1v) is 6.72.